The second kappa shape index (κ2) is 13.7. The predicted octanol–water partition coefficient (Wildman–Crippen LogP) is 7.50. The van der Waals surface area contributed by atoms with E-state index >= 15 is 4.39 Å². The lowest BCUT2D eigenvalue weighted by atomic mass is 9.77. The molecule has 0 aliphatic carbocycles. The van der Waals surface area contributed by atoms with Gasteiger partial charge >= 0.3 is 18.5 Å². The van der Waals surface area contributed by atoms with Crippen LogP contribution in [0.15, 0.2) is 103 Å². The Balaban J connectivity index is 1.87. The molecule has 44 heavy (non-hydrogen) atoms. The monoisotopic (exact) mass is 615 g/mol. The molecule has 0 aromatic heterocycles. The molecular weight excluding hydrogens is 588 g/mol. The van der Waals surface area contributed by atoms with Gasteiger partial charge < -0.3 is 14.8 Å². The van der Waals surface area contributed by atoms with Crippen molar-refractivity contribution < 1.29 is 45.4 Å². The van der Waals surface area contributed by atoms with Gasteiger partial charge in [-0.3, -0.25) is 9.59 Å². The number of benzene rings is 4. The molecule has 0 heterocycles. The molecule has 4 aromatic rings. The van der Waals surface area contributed by atoms with Crippen LogP contribution in [0.5, 0.6) is 5.75 Å². The van der Waals surface area contributed by atoms with Crippen molar-refractivity contribution in [2.45, 2.75) is 43.9 Å². The van der Waals surface area contributed by atoms with E-state index in [1.165, 1.54) is 19.1 Å². The summed E-state index contributed by atoms with van der Waals surface area (Å²) < 4.78 is 92.3. The summed E-state index contributed by atoms with van der Waals surface area (Å²) in [5, 5.41) is 2.83. The van der Waals surface area contributed by atoms with Crippen molar-refractivity contribution >= 4 is 11.9 Å². The summed E-state index contributed by atoms with van der Waals surface area (Å²) in [6, 6.07) is 24.1. The summed E-state index contributed by atoms with van der Waals surface area (Å²) in [6.45, 7) is 1.18. The van der Waals surface area contributed by atoms with Crippen molar-refractivity contribution in [3.05, 3.63) is 137 Å². The fourth-order valence-corrected chi connectivity index (χ4v) is 4.82. The maximum Gasteiger partial charge on any atom is 0.461 e. The topological polar surface area (TPSA) is 64.6 Å². The van der Waals surface area contributed by atoms with Crippen molar-refractivity contribution in [1.82, 2.24) is 5.32 Å². The lowest BCUT2D eigenvalue weighted by Gasteiger charge is -2.37. The highest BCUT2D eigenvalue weighted by atomic mass is 19.3. The number of esters is 1. The van der Waals surface area contributed by atoms with Gasteiger partial charge in [-0.15, -0.1) is 0 Å². The van der Waals surface area contributed by atoms with E-state index in [0.29, 0.717) is 17.2 Å². The Bertz CT molecular complexity index is 1570. The molecule has 230 valence electrons. The van der Waals surface area contributed by atoms with Gasteiger partial charge in [-0.2, -0.15) is 17.6 Å². The van der Waals surface area contributed by atoms with Gasteiger partial charge in [0.25, 0.3) is 0 Å². The van der Waals surface area contributed by atoms with E-state index in [4.69, 9.17) is 4.74 Å². The number of ether oxygens (including phenoxy) is 2. The van der Waals surface area contributed by atoms with Gasteiger partial charge in [0.05, 0.1) is 12.0 Å². The number of hydrogen-bond acceptors (Lipinski definition) is 4. The molecule has 1 unspecified atom stereocenters. The first-order chi connectivity index (χ1) is 20.9. The molecule has 0 fully saturated rings. The molecule has 0 spiro atoms. The minimum atomic E-state index is -4.95. The van der Waals surface area contributed by atoms with Crippen LogP contribution < -0.4 is 10.1 Å². The van der Waals surface area contributed by atoms with Crippen LogP contribution in [0.2, 0.25) is 0 Å². The second-order valence-corrected chi connectivity index (χ2v) is 9.98. The summed E-state index contributed by atoms with van der Waals surface area (Å²) in [5.41, 5.74) is -0.656. The van der Waals surface area contributed by atoms with Gasteiger partial charge in [0, 0.05) is 19.4 Å². The van der Waals surface area contributed by atoms with Crippen molar-refractivity contribution in [3.8, 4) is 5.75 Å². The summed E-state index contributed by atoms with van der Waals surface area (Å²) in [7, 11) is 0. The first kappa shape index (κ1) is 32.1. The zero-order valence-corrected chi connectivity index (χ0v) is 23.3. The van der Waals surface area contributed by atoms with Crippen LogP contribution in [0.25, 0.3) is 0 Å². The lowest BCUT2D eigenvalue weighted by molar-refractivity contribution is -0.253. The average molecular weight is 616 g/mol. The van der Waals surface area contributed by atoms with Crippen LogP contribution in [0.3, 0.4) is 0 Å². The van der Waals surface area contributed by atoms with Crippen LogP contribution in [-0.2, 0) is 26.3 Å². The average Bonchev–Trinajstić information content (AvgIpc) is 2.97. The second-order valence-electron chi connectivity index (χ2n) is 9.98. The number of hydrogen-bond donors (Lipinski definition) is 1. The largest absolute Gasteiger partial charge is 0.461 e. The van der Waals surface area contributed by atoms with E-state index in [0.717, 1.165) is 24.3 Å². The standard InChI is InChI=1S/C33H27F6NO4/c1-21(41)43-29(23-10-6-3-7-11-23)19-30(42)40-32(20-22-8-4-2-5-9-22,24-12-14-26(34)15-13-24)25-16-27(35)18-28(17-25)44-33(38,39)31(36)37/h2-18,29,31H,19-20H2,1H3,(H,40,42)/t29?,32-/m1/s1. The zero-order chi connectivity index (χ0) is 31.9. The van der Waals surface area contributed by atoms with Crippen LogP contribution in [0, 0.1) is 11.6 Å². The third-order valence-corrected chi connectivity index (χ3v) is 6.72. The van der Waals surface area contributed by atoms with E-state index in [1.807, 2.05) is 0 Å². The van der Waals surface area contributed by atoms with E-state index in [-0.39, 0.29) is 17.5 Å². The van der Waals surface area contributed by atoms with Gasteiger partial charge in [-0.1, -0.05) is 72.8 Å². The fourth-order valence-electron chi connectivity index (χ4n) is 4.82. The van der Waals surface area contributed by atoms with Gasteiger partial charge in [0.2, 0.25) is 5.91 Å². The zero-order valence-electron chi connectivity index (χ0n) is 23.3. The Morgan fingerprint density at radius 1 is 0.795 bits per heavy atom. The van der Waals surface area contributed by atoms with E-state index in [9.17, 15) is 31.5 Å². The van der Waals surface area contributed by atoms with Gasteiger partial charge in [0.15, 0.2) is 0 Å². The van der Waals surface area contributed by atoms with Gasteiger partial charge in [-0.05, 0) is 46.5 Å². The lowest BCUT2D eigenvalue weighted by Crippen LogP contribution is -2.49. The van der Waals surface area contributed by atoms with Crippen molar-refractivity contribution in [2.75, 3.05) is 0 Å². The highest BCUT2D eigenvalue weighted by Crippen LogP contribution is 2.38. The summed E-state index contributed by atoms with van der Waals surface area (Å²) in [6.07, 6.45) is -10.7. The van der Waals surface area contributed by atoms with Crippen LogP contribution in [0.4, 0.5) is 26.3 Å². The minimum absolute atomic E-state index is 0.122. The third-order valence-electron chi connectivity index (χ3n) is 6.72. The third kappa shape index (κ3) is 7.97. The predicted molar refractivity (Wildman–Crippen MR) is 149 cm³/mol. The number of halogens is 6. The Hall–Kier alpha value is -4.80. The molecule has 5 nitrogen and oxygen atoms in total. The summed E-state index contributed by atoms with van der Waals surface area (Å²) in [5.74, 6) is -4.07. The Labute approximate surface area is 249 Å². The molecule has 0 saturated heterocycles. The smallest absolute Gasteiger partial charge is 0.457 e. The van der Waals surface area contributed by atoms with E-state index < -0.39 is 59.9 Å². The van der Waals surface area contributed by atoms with Crippen LogP contribution in [0.1, 0.15) is 41.7 Å². The van der Waals surface area contributed by atoms with Gasteiger partial charge in [-0.25, -0.2) is 8.78 Å². The number of carbonyl (C=O) groups is 2. The van der Waals surface area contributed by atoms with Crippen molar-refractivity contribution in [3.63, 3.8) is 0 Å². The highest BCUT2D eigenvalue weighted by molar-refractivity contribution is 5.79. The quantitative estimate of drug-likeness (QED) is 0.133. The fraction of sp³-hybridized carbons (Fsp3) is 0.212. The molecule has 4 rings (SSSR count). The highest BCUT2D eigenvalue weighted by Gasteiger charge is 2.45. The number of nitrogens with one attached hydrogen (secondary N) is 1. The number of carbonyl (C=O) groups excluding carboxylic acids is 2. The van der Waals surface area contributed by atoms with Crippen LogP contribution >= 0.6 is 0 Å². The number of alkyl halides is 4. The normalized spacial score (nSPS) is 13.5. The molecule has 2 atom stereocenters. The van der Waals surface area contributed by atoms with Crippen molar-refractivity contribution in [2.24, 2.45) is 0 Å². The molecule has 0 bridgehead atoms. The molecule has 11 heteroatoms. The van der Waals surface area contributed by atoms with E-state index in [1.54, 1.807) is 60.7 Å². The number of amides is 1. The maximum absolute atomic E-state index is 15.0. The summed E-state index contributed by atoms with van der Waals surface area (Å²) in [4.78, 5) is 25.7. The summed E-state index contributed by atoms with van der Waals surface area (Å²) >= 11 is 0. The minimum Gasteiger partial charge on any atom is -0.457 e. The molecule has 0 aliphatic heterocycles. The first-order valence-electron chi connectivity index (χ1n) is 13.4. The SMILES string of the molecule is CC(=O)OC(CC(=O)N[C@](Cc1ccccc1)(c1ccc(F)cc1)c1cc(F)cc(OC(F)(F)C(F)F)c1)c1ccccc1. The molecular formula is C33H27F6NO4. The molecule has 1 amide bonds. The Morgan fingerprint density at radius 3 is 2.00 bits per heavy atom. The molecule has 4 aromatic carbocycles. The molecule has 1 N–H and O–H groups in total. The number of rotatable bonds is 12. The molecule has 0 radical (unpaired) electrons. The maximum atomic E-state index is 15.0. The Morgan fingerprint density at radius 2 is 1.41 bits per heavy atom. The van der Waals surface area contributed by atoms with E-state index in [2.05, 4.69) is 10.1 Å². The van der Waals surface area contributed by atoms with Crippen molar-refractivity contribution in [1.29, 1.82) is 0 Å². The van der Waals surface area contributed by atoms with Gasteiger partial charge in [0.1, 0.15) is 23.5 Å². The van der Waals surface area contributed by atoms with Crippen LogP contribution in [-0.4, -0.2) is 24.4 Å². The first-order valence-corrected chi connectivity index (χ1v) is 13.4. The molecule has 0 aliphatic rings. The Kier molecular flexibility index (Phi) is 9.97. The molecule has 0 saturated carbocycles.